The maximum absolute atomic E-state index is 12.3. The fourth-order valence-corrected chi connectivity index (χ4v) is 4.52. The van der Waals surface area contributed by atoms with Crippen molar-refractivity contribution in [1.29, 1.82) is 0 Å². The molecule has 3 rings (SSSR count). The third kappa shape index (κ3) is 6.45. The molecule has 30 heavy (non-hydrogen) atoms. The van der Waals surface area contributed by atoms with Crippen LogP contribution < -0.4 is 16.0 Å². The summed E-state index contributed by atoms with van der Waals surface area (Å²) in [6.07, 6.45) is 0. The summed E-state index contributed by atoms with van der Waals surface area (Å²) < 4.78 is 0.677. The molecule has 0 saturated carbocycles. The van der Waals surface area contributed by atoms with Crippen molar-refractivity contribution in [3.8, 4) is 0 Å². The van der Waals surface area contributed by atoms with E-state index in [0.717, 1.165) is 11.3 Å². The maximum Gasteiger partial charge on any atom is 0.230 e. The average molecular weight is 462 g/mol. The smallest absolute Gasteiger partial charge is 0.230 e. The lowest BCUT2D eigenvalue weighted by molar-refractivity contribution is -0.119. The molecule has 0 bridgehead atoms. The highest BCUT2D eigenvalue weighted by atomic mass is 35.5. The standard InChI is InChI=1S/C20H20ClN5O2S2/c1-12(16-8-3-4-9-17(16)21)22-18(28)11-29-20-26-25-19(30-20)24-15-7-5-6-14(10-15)23-13(2)27/h3-10,12H,11H2,1-2H3,(H,22,28)(H,23,27)(H,24,25). The van der Waals surface area contributed by atoms with Crippen LogP contribution in [0.2, 0.25) is 5.02 Å². The summed E-state index contributed by atoms with van der Waals surface area (Å²) in [6.45, 7) is 3.35. The van der Waals surface area contributed by atoms with Crippen molar-refractivity contribution in [2.75, 3.05) is 16.4 Å². The molecule has 156 valence electrons. The molecule has 1 unspecified atom stereocenters. The van der Waals surface area contributed by atoms with Crippen molar-refractivity contribution in [2.24, 2.45) is 0 Å². The highest BCUT2D eigenvalue weighted by Crippen LogP contribution is 2.29. The molecule has 2 aromatic carbocycles. The molecule has 0 fully saturated rings. The van der Waals surface area contributed by atoms with Gasteiger partial charge in [-0.1, -0.05) is 59.0 Å². The van der Waals surface area contributed by atoms with Crippen LogP contribution in [0.25, 0.3) is 0 Å². The lowest BCUT2D eigenvalue weighted by Crippen LogP contribution is -2.28. The van der Waals surface area contributed by atoms with E-state index in [4.69, 9.17) is 11.6 Å². The highest BCUT2D eigenvalue weighted by Gasteiger charge is 2.14. The third-order valence-corrected chi connectivity index (χ3v) is 6.23. The number of thioether (sulfide) groups is 1. The molecule has 0 aliphatic carbocycles. The summed E-state index contributed by atoms with van der Waals surface area (Å²) in [6, 6.07) is 14.6. The van der Waals surface area contributed by atoms with Crippen LogP contribution >= 0.6 is 34.7 Å². The summed E-state index contributed by atoms with van der Waals surface area (Å²) in [5.41, 5.74) is 2.34. The lowest BCUT2D eigenvalue weighted by Gasteiger charge is -2.15. The number of amides is 2. The summed E-state index contributed by atoms with van der Waals surface area (Å²) in [5, 5.41) is 18.2. The van der Waals surface area contributed by atoms with E-state index in [1.165, 1.54) is 30.0 Å². The van der Waals surface area contributed by atoms with Crippen molar-refractivity contribution in [3.05, 3.63) is 59.1 Å². The zero-order valence-corrected chi connectivity index (χ0v) is 18.7. The Labute approximate surface area is 187 Å². The van der Waals surface area contributed by atoms with Gasteiger partial charge in [-0.3, -0.25) is 9.59 Å². The minimum atomic E-state index is -0.186. The van der Waals surface area contributed by atoms with Crippen LogP contribution in [0.15, 0.2) is 52.9 Å². The molecule has 0 spiro atoms. The number of rotatable bonds is 8. The van der Waals surface area contributed by atoms with Crippen LogP contribution in [0.4, 0.5) is 16.5 Å². The summed E-state index contributed by atoms with van der Waals surface area (Å²) in [4.78, 5) is 23.4. The van der Waals surface area contributed by atoms with Gasteiger partial charge in [0.25, 0.3) is 0 Å². The predicted octanol–water partition coefficient (Wildman–Crippen LogP) is 4.86. The fourth-order valence-electron chi connectivity index (χ4n) is 2.63. The Bertz CT molecular complexity index is 1040. The van der Waals surface area contributed by atoms with E-state index in [9.17, 15) is 9.59 Å². The molecule has 0 aliphatic rings. The van der Waals surface area contributed by atoms with Gasteiger partial charge in [0.1, 0.15) is 0 Å². The molecule has 10 heteroatoms. The molecule has 0 saturated heterocycles. The van der Waals surface area contributed by atoms with Crippen LogP contribution in [0.3, 0.4) is 0 Å². The van der Waals surface area contributed by atoms with Crippen LogP contribution in [0, 0.1) is 0 Å². The maximum atomic E-state index is 12.3. The first kappa shape index (κ1) is 22.1. The molecule has 2 amide bonds. The normalized spacial score (nSPS) is 11.6. The molecule has 1 aromatic heterocycles. The van der Waals surface area contributed by atoms with Crippen molar-refractivity contribution in [3.63, 3.8) is 0 Å². The number of carbonyl (C=O) groups excluding carboxylic acids is 2. The molecule has 7 nitrogen and oxygen atoms in total. The van der Waals surface area contributed by atoms with Crippen LogP contribution in [0.1, 0.15) is 25.5 Å². The second-order valence-electron chi connectivity index (χ2n) is 6.36. The molecule has 1 atom stereocenters. The van der Waals surface area contributed by atoms with E-state index in [1.807, 2.05) is 37.3 Å². The topological polar surface area (TPSA) is 96.0 Å². The van der Waals surface area contributed by atoms with Gasteiger partial charge < -0.3 is 16.0 Å². The lowest BCUT2D eigenvalue weighted by atomic mass is 10.1. The highest BCUT2D eigenvalue weighted by molar-refractivity contribution is 8.01. The Balaban J connectivity index is 1.51. The minimum Gasteiger partial charge on any atom is -0.349 e. The minimum absolute atomic E-state index is 0.111. The van der Waals surface area contributed by atoms with Gasteiger partial charge >= 0.3 is 0 Å². The number of hydrogen-bond donors (Lipinski definition) is 3. The number of carbonyl (C=O) groups is 2. The van der Waals surface area contributed by atoms with Crippen LogP contribution in [0.5, 0.6) is 0 Å². The first-order chi connectivity index (χ1) is 14.4. The molecule has 3 aromatic rings. The molecule has 3 N–H and O–H groups in total. The van der Waals surface area contributed by atoms with Crippen LogP contribution in [-0.2, 0) is 9.59 Å². The van der Waals surface area contributed by atoms with E-state index in [0.29, 0.717) is 20.2 Å². The molecular formula is C20H20ClN5O2S2. The van der Waals surface area contributed by atoms with Gasteiger partial charge in [0, 0.05) is 23.3 Å². The van der Waals surface area contributed by atoms with Crippen molar-refractivity contribution in [1.82, 2.24) is 15.5 Å². The fraction of sp³-hybridized carbons (Fsp3) is 0.200. The number of hydrogen-bond acceptors (Lipinski definition) is 7. The van der Waals surface area contributed by atoms with Crippen molar-refractivity contribution in [2.45, 2.75) is 24.2 Å². The molecule has 0 aliphatic heterocycles. The number of nitrogens with one attached hydrogen (secondary N) is 3. The first-order valence-corrected chi connectivity index (χ1v) is 11.2. The second kappa shape index (κ2) is 10.4. The van der Waals surface area contributed by atoms with E-state index in [2.05, 4.69) is 26.1 Å². The van der Waals surface area contributed by atoms with Gasteiger partial charge in [-0.2, -0.15) is 0 Å². The van der Waals surface area contributed by atoms with E-state index in [-0.39, 0.29) is 23.6 Å². The van der Waals surface area contributed by atoms with Gasteiger partial charge in [-0.25, -0.2) is 0 Å². The van der Waals surface area contributed by atoms with E-state index in [1.54, 1.807) is 18.2 Å². The van der Waals surface area contributed by atoms with Gasteiger partial charge in [0.2, 0.25) is 16.9 Å². The van der Waals surface area contributed by atoms with Gasteiger partial charge in [0.15, 0.2) is 4.34 Å². The Kier molecular flexibility index (Phi) is 7.67. The zero-order valence-electron chi connectivity index (χ0n) is 16.3. The second-order valence-corrected chi connectivity index (χ2v) is 8.97. The first-order valence-electron chi connectivity index (χ1n) is 9.05. The summed E-state index contributed by atoms with van der Waals surface area (Å²) >= 11 is 8.84. The number of aromatic nitrogens is 2. The SMILES string of the molecule is CC(=O)Nc1cccc(Nc2nnc(SCC(=O)NC(C)c3ccccc3Cl)s2)c1. The Morgan fingerprint density at radius 3 is 2.67 bits per heavy atom. The summed E-state index contributed by atoms with van der Waals surface area (Å²) in [7, 11) is 0. The van der Waals surface area contributed by atoms with E-state index < -0.39 is 0 Å². The third-order valence-electron chi connectivity index (χ3n) is 3.92. The monoisotopic (exact) mass is 461 g/mol. The Morgan fingerprint density at radius 2 is 1.90 bits per heavy atom. The zero-order chi connectivity index (χ0) is 21.5. The van der Waals surface area contributed by atoms with Crippen LogP contribution in [-0.4, -0.2) is 27.8 Å². The average Bonchev–Trinajstić information content (AvgIpc) is 3.14. The molecular weight excluding hydrogens is 442 g/mol. The number of anilines is 3. The van der Waals surface area contributed by atoms with Gasteiger partial charge in [-0.15, -0.1) is 10.2 Å². The predicted molar refractivity (Wildman–Crippen MR) is 123 cm³/mol. The van der Waals surface area contributed by atoms with Gasteiger partial charge in [-0.05, 0) is 36.8 Å². The quantitative estimate of drug-likeness (QED) is 0.414. The van der Waals surface area contributed by atoms with Crippen molar-refractivity contribution < 1.29 is 9.59 Å². The summed E-state index contributed by atoms with van der Waals surface area (Å²) in [5.74, 6) is -0.0226. The molecule has 1 heterocycles. The Morgan fingerprint density at radius 1 is 1.13 bits per heavy atom. The van der Waals surface area contributed by atoms with E-state index >= 15 is 0 Å². The molecule has 0 radical (unpaired) electrons. The number of benzene rings is 2. The number of nitrogens with zero attached hydrogens (tertiary/aromatic N) is 2. The largest absolute Gasteiger partial charge is 0.349 e. The van der Waals surface area contributed by atoms with Crippen molar-refractivity contribution >= 4 is 63.0 Å². The van der Waals surface area contributed by atoms with Gasteiger partial charge in [0.05, 0.1) is 11.8 Å². The number of halogens is 1. The Hall–Kier alpha value is -2.62.